The van der Waals surface area contributed by atoms with E-state index in [2.05, 4.69) is 17.0 Å². The third kappa shape index (κ3) is 3.44. The van der Waals surface area contributed by atoms with E-state index in [-0.39, 0.29) is 19.1 Å². The number of ether oxygens (including phenoxy) is 1. The van der Waals surface area contributed by atoms with Crippen molar-refractivity contribution in [2.45, 2.75) is 32.4 Å². The molecule has 2 saturated heterocycles. The van der Waals surface area contributed by atoms with E-state index in [1.807, 2.05) is 18.2 Å². The van der Waals surface area contributed by atoms with Gasteiger partial charge in [-0.2, -0.15) is 0 Å². The van der Waals surface area contributed by atoms with E-state index in [9.17, 15) is 14.4 Å². The summed E-state index contributed by atoms with van der Waals surface area (Å²) >= 11 is 0. The molecule has 7 heteroatoms. The first kappa shape index (κ1) is 18.4. The Bertz CT molecular complexity index is 693. The molecule has 0 saturated carbocycles. The van der Waals surface area contributed by atoms with Gasteiger partial charge < -0.3 is 9.64 Å². The fraction of sp³-hybridized carbons (Fsp3) is 0.526. The number of amides is 3. The van der Waals surface area contributed by atoms with Crippen molar-refractivity contribution >= 4 is 17.9 Å². The van der Waals surface area contributed by atoms with Crippen molar-refractivity contribution in [3.8, 4) is 0 Å². The van der Waals surface area contributed by atoms with Crippen LogP contribution in [0.2, 0.25) is 0 Å². The molecule has 0 radical (unpaired) electrons. The third-order valence-electron chi connectivity index (χ3n) is 5.16. The molecule has 0 aliphatic carbocycles. The summed E-state index contributed by atoms with van der Waals surface area (Å²) in [6.45, 7) is 6.07. The minimum Gasteiger partial charge on any atom is -0.465 e. The molecule has 0 spiro atoms. The molecule has 2 fully saturated rings. The van der Waals surface area contributed by atoms with Gasteiger partial charge in [0.1, 0.15) is 12.1 Å². The molecule has 2 heterocycles. The number of nitrogens with zero attached hydrogens (tertiary/aromatic N) is 3. The molecule has 3 amide bonds. The van der Waals surface area contributed by atoms with E-state index in [0.717, 1.165) is 11.4 Å². The summed E-state index contributed by atoms with van der Waals surface area (Å²) in [6.07, 6.45) is 0.545. The van der Waals surface area contributed by atoms with Crippen molar-refractivity contribution in [2.75, 3.05) is 32.8 Å². The molecule has 0 N–H and O–H groups in total. The fourth-order valence-corrected chi connectivity index (χ4v) is 3.64. The average molecular weight is 359 g/mol. The molecule has 2 aliphatic rings. The van der Waals surface area contributed by atoms with Crippen molar-refractivity contribution in [1.82, 2.24) is 14.7 Å². The summed E-state index contributed by atoms with van der Waals surface area (Å²) < 4.78 is 4.88. The number of urea groups is 1. The number of hydrogen-bond donors (Lipinski definition) is 0. The summed E-state index contributed by atoms with van der Waals surface area (Å²) in [6, 6.07) is 9.75. The lowest BCUT2D eigenvalue weighted by molar-refractivity contribution is -0.147. The first-order chi connectivity index (χ1) is 12.5. The molecule has 1 unspecified atom stereocenters. The Morgan fingerprint density at radius 3 is 2.58 bits per heavy atom. The van der Waals surface area contributed by atoms with E-state index < -0.39 is 17.5 Å². The van der Waals surface area contributed by atoms with Gasteiger partial charge in [-0.1, -0.05) is 30.3 Å². The van der Waals surface area contributed by atoms with Crippen LogP contribution in [0.25, 0.3) is 0 Å². The van der Waals surface area contributed by atoms with Crippen LogP contribution < -0.4 is 0 Å². The van der Waals surface area contributed by atoms with Crippen LogP contribution >= 0.6 is 0 Å². The Labute approximate surface area is 153 Å². The summed E-state index contributed by atoms with van der Waals surface area (Å²) in [5.41, 5.74) is 0.316. The highest BCUT2D eigenvalue weighted by Crippen LogP contribution is 2.33. The molecule has 0 aromatic heterocycles. The highest BCUT2D eigenvalue weighted by atomic mass is 16.5. The first-order valence-electron chi connectivity index (χ1n) is 9.01. The fourth-order valence-electron chi connectivity index (χ4n) is 3.64. The number of benzene rings is 1. The zero-order chi connectivity index (χ0) is 18.7. The van der Waals surface area contributed by atoms with Gasteiger partial charge in [-0.3, -0.25) is 19.4 Å². The maximum absolute atomic E-state index is 12.9. The second-order valence-electron chi connectivity index (χ2n) is 6.92. The van der Waals surface area contributed by atoms with Crippen LogP contribution in [0.15, 0.2) is 30.3 Å². The van der Waals surface area contributed by atoms with Crippen LogP contribution in [0.5, 0.6) is 0 Å². The predicted molar refractivity (Wildman–Crippen MR) is 95.2 cm³/mol. The van der Waals surface area contributed by atoms with Gasteiger partial charge in [0, 0.05) is 26.2 Å². The molecule has 1 atom stereocenters. The summed E-state index contributed by atoms with van der Waals surface area (Å²) in [7, 11) is 0. The van der Waals surface area contributed by atoms with Crippen molar-refractivity contribution in [1.29, 1.82) is 0 Å². The number of rotatable bonds is 5. The molecule has 0 bridgehead atoms. The maximum atomic E-state index is 12.9. The number of carbonyl (C=O) groups excluding carboxylic acids is 3. The lowest BCUT2D eigenvalue weighted by Gasteiger charge is -2.28. The van der Waals surface area contributed by atoms with E-state index in [1.54, 1.807) is 18.7 Å². The van der Waals surface area contributed by atoms with Gasteiger partial charge in [-0.25, -0.2) is 4.79 Å². The van der Waals surface area contributed by atoms with Gasteiger partial charge in [0.2, 0.25) is 0 Å². The van der Waals surface area contributed by atoms with E-state index >= 15 is 0 Å². The SMILES string of the molecule is CCOC(=O)CN1C(=O)N2CCN(Cc3ccccc3)CCC2(C)C1=O. The minimum atomic E-state index is -0.894. The van der Waals surface area contributed by atoms with E-state index in [1.165, 1.54) is 5.56 Å². The summed E-state index contributed by atoms with van der Waals surface area (Å²) in [4.78, 5) is 42.2. The Kier molecular flexibility index (Phi) is 5.27. The molecule has 140 valence electrons. The second-order valence-corrected chi connectivity index (χ2v) is 6.92. The van der Waals surface area contributed by atoms with Gasteiger partial charge in [-0.05, 0) is 25.8 Å². The number of imide groups is 1. The number of esters is 1. The highest BCUT2D eigenvalue weighted by Gasteiger charge is 2.55. The lowest BCUT2D eigenvalue weighted by Crippen LogP contribution is -2.47. The van der Waals surface area contributed by atoms with Crippen LogP contribution in [0, 0.1) is 0 Å². The van der Waals surface area contributed by atoms with E-state index in [4.69, 9.17) is 4.74 Å². The number of hydrogen-bond acceptors (Lipinski definition) is 5. The molecule has 1 aromatic rings. The smallest absolute Gasteiger partial charge is 0.328 e. The largest absolute Gasteiger partial charge is 0.465 e. The Morgan fingerprint density at radius 2 is 1.88 bits per heavy atom. The van der Waals surface area contributed by atoms with Gasteiger partial charge in [0.05, 0.1) is 6.61 Å². The Hall–Kier alpha value is -2.41. The predicted octanol–water partition coefficient (Wildman–Crippen LogP) is 1.48. The van der Waals surface area contributed by atoms with Crippen LogP contribution in [-0.4, -0.2) is 70.9 Å². The normalized spacial score (nSPS) is 23.8. The third-order valence-corrected chi connectivity index (χ3v) is 5.16. The standard InChI is InChI=1S/C19H25N3O4/c1-3-26-16(23)14-21-17(24)19(2)9-10-20(11-12-22(19)18(21)25)13-15-7-5-4-6-8-15/h4-8H,3,9-14H2,1-2H3. The molecular formula is C19H25N3O4. The molecule has 7 nitrogen and oxygen atoms in total. The van der Waals surface area contributed by atoms with Gasteiger partial charge in [0.15, 0.2) is 0 Å². The highest BCUT2D eigenvalue weighted by molar-refractivity contribution is 6.08. The first-order valence-corrected chi connectivity index (χ1v) is 9.01. The summed E-state index contributed by atoms with van der Waals surface area (Å²) in [5.74, 6) is -0.863. The topological polar surface area (TPSA) is 70.2 Å². The quantitative estimate of drug-likeness (QED) is 0.588. The second kappa shape index (κ2) is 7.45. The average Bonchev–Trinajstić information content (AvgIpc) is 2.75. The van der Waals surface area contributed by atoms with Crippen molar-refractivity contribution in [3.63, 3.8) is 0 Å². The van der Waals surface area contributed by atoms with Crippen LogP contribution in [0.1, 0.15) is 25.8 Å². The van der Waals surface area contributed by atoms with Crippen LogP contribution in [0.3, 0.4) is 0 Å². The molecule has 26 heavy (non-hydrogen) atoms. The van der Waals surface area contributed by atoms with Crippen LogP contribution in [0.4, 0.5) is 4.79 Å². The Morgan fingerprint density at radius 1 is 1.15 bits per heavy atom. The molecule has 3 rings (SSSR count). The van der Waals surface area contributed by atoms with Crippen molar-refractivity contribution in [3.05, 3.63) is 35.9 Å². The monoisotopic (exact) mass is 359 g/mol. The summed E-state index contributed by atoms with van der Waals surface area (Å²) in [5, 5.41) is 0. The molecule has 1 aromatic carbocycles. The van der Waals surface area contributed by atoms with Crippen molar-refractivity contribution in [2.24, 2.45) is 0 Å². The van der Waals surface area contributed by atoms with E-state index in [0.29, 0.717) is 26.1 Å². The van der Waals surface area contributed by atoms with Gasteiger partial charge in [0.25, 0.3) is 5.91 Å². The lowest BCUT2D eigenvalue weighted by atomic mass is 9.96. The maximum Gasteiger partial charge on any atom is 0.328 e. The van der Waals surface area contributed by atoms with Gasteiger partial charge >= 0.3 is 12.0 Å². The Balaban J connectivity index is 1.69. The van der Waals surface area contributed by atoms with Crippen LogP contribution in [-0.2, 0) is 20.9 Å². The zero-order valence-electron chi connectivity index (χ0n) is 15.3. The minimum absolute atomic E-state index is 0.227. The van der Waals surface area contributed by atoms with Gasteiger partial charge in [-0.15, -0.1) is 0 Å². The molecular weight excluding hydrogens is 334 g/mol. The number of fused-ring (bicyclic) bond motifs is 1. The molecule has 2 aliphatic heterocycles. The van der Waals surface area contributed by atoms with Crippen molar-refractivity contribution < 1.29 is 19.1 Å². The number of carbonyl (C=O) groups is 3. The zero-order valence-corrected chi connectivity index (χ0v) is 15.3.